The Hall–Kier alpha value is -2.21. The zero-order valence-electron chi connectivity index (χ0n) is 11.0. The van der Waals surface area contributed by atoms with E-state index >= 15 is 0 Å². The largest absolute Gasteiger partial charge is 0.481 e. The van der Waals surface area contributed by atoms with Crippen molar-refractivity contribution in [2.45, 2.75) is 12.5 Å². The van der Waals surface area contributed by atoms with Crippen LogP contribution in [0.25, 0.3) is 6.08 Å². The van der Waals surface area contributed by atoms with Gasteiger partial charge >= 0.3 is 5.97 Å². The highest BCUT2D eigenvalue weighted by atomic mass is 19.1. The number of hydrogen-bond acceptors (Lipinski definition) is 3. The number of ether oxygens (including phenoxy) is 1. The number of benzene rings is 1. The number of methoxy groups -OCH3 is 1. The van der Waals surface area contributed by atoms with Crippen LogP contribution in [0.4, 0.5) is 4.39 Å². The Kier molecular flexibility index (Phi) is 6.39. The summed E-state index contributed by atoms with van der Waals surface area (Å²) in [5.74, 6) is -1.87. The Morgan fingerprint density at radius 3 is 2.75 bits per heavy atom. The predicted molar refractivity (Wildman–Crippen MR) is 71.5 cm³/mol. The van der Waals surface area contributed by atoms with Crippen molar-refractivity contribution in [2.24, 2.45) is 0 Å². The highest BCUT2D eigenvalue weighted by Crippen LogP contribution is 2.07. The molecule has 1 aromatic carbocycles. The molecule has 108 valence electrons. The average Bonchev–Trinajstić information content (AvgIpc) is 2.42. The van der Waals surface area contributed by atoms with Gasteiger partial charge in [-0.15, -0.1) is 0 Å². The Bertz CT molecular complexity index is 502. The number of carboxylic acid groups (broad SMARTS) is 1. The molecule has 0 aliphatic rings. The second kappa shape index (κ2) is 8.06. The number of nitrogens with one attached hydrogen (secondary N) is 1. The fourth-order valence-electron chi connectivity index (χ4n) is 1.48. The minimum Gasteiger partial charge on any atom is -0.481 e. The normalized spacial score (nSPS) is 12.3. The number of carboxylic acids is 1. The molecule has 20 heavy (non-hydrogen) atoms. The molecular formula is C14H16FNO4. The van der Waals surface area contributed by atoms with E-state index in [4.69, 9.17) is 9.84 Å². The molecule has 0 heterocycles. The summed E-state index contributed by atoms with van der Waals surface area (Å²) in [4.78, 5) is 22.0. The van der Waals surface area contributed by atoms with Gasteiger partial charge in [-0.2, -0.15) is 0 Å². The number of carbonyl (C=O) groups is 2. The zero-order valence-corrected chi connectivity index (χ0v) is 11.0. The van der Waals surface area contributed by atoms with E-state index in [9.17, 15) is 14.0 Å². The highest BCUT2D eigenvalue weighted by Gasteiger charge is 2.12. The third kappa shape index (κ3) is 5.62. The predicted octanol–water partition coefficient (Wildman–Crippen LogP) is 1.44. The number of amides is 1. The Labute approximate surface area is 116 Å². The summed E-state index contributed by atoms with van der Waals surface area (Å²) in [5, 5.41) is 11.1. The van der Waals surface area contributed by atoms with E-state index in [1.54, 1.807) is 18.2 Å². The molecule has 0 aliphatic carbocycles. The molecular weight excluding hydrogens is 265 g/mol. The van der Waals surface area contributed by atoms with Crippen molar-refractivity contribution in [3.8, 4) is 0 Å². The number of carbonyl (C=O) groups excluding carboxylic acids is 1. The summed E-state index contributed by atoms with van der Waals surface area (Å²) in [6.07, 6.45) is 1.74. The van der Waals surface area contributed by atoms with E-state index < -0.39 is 23.8 Å². The molecule has 0 spiro atoms. The van der Waals surface area contributed by atoms with Crippen molar-refractivity contribution in [3.63, 3.8) is 0 Å². The molecule has 0 bridgehead atoms. The maximum Gasteiger partial charge on any atom is 0.306 e. The zero-order chi connectivity index (χ0) is 15.0. The van der Waals surface area contributed by atoms with Gasteiger partial charge in [-0.25, -0.2) is 4.39 Å². The summed E-state index contributed by atoms with van der Waals surface area (Å²) in [5.41, 5.74) is 0.302. The highest BCUT2D eigenvalue weighted by molar-refractivity contribution is 5.91. The summed E-state index contributed by atoms with van der Waals surface area (Å²) >= 11 is 0. The number of rotatable bonds is 7. The van der Waals surface area contributed by atoms with Crippen LogP contribution in [0.15, 0.2) is 30.3 Å². The van der Waals surface area contributed by atoms with Crippen LogP contribution >= 0.6 is 0 Å². The molecule has 5 nitrogen and oxygen atoms in total. The SMILES string of the molecule is COC(CNC(=O)/C=C/c1ccccc1F)CC(=O)O. The summed E-state index contributed by atoms with van der Waals surface area (Å²) in [7, 11) is 1.37. The van der Waals surface area contributed by atoms with Gasteiger partial charge in [0.2, 0.25) is 5.91 Å². The van der Waals surface area contributed by atoms with Crippen LogP contribution in [0.2, 0.25) is 0 Å². The first-order valence-corrected chi connectivity index (χ1v) is 5.98. The lowest BCUT2D eigenvalue weighted by molar-refractivity contribution is -0.140. The fourth-order valence-corrected chi connectivity index (χ4v) is 1.48. The van der Waals surface area contributed by atoms with Crippen molar-refractivity contribution in [1.82, 2.24) is 5.32 Å². The Balaban J connectivity index is 2.47. The maximum atomic E-state index is 13.3. The monoisotopic (exact) mass is 281 g/mol. The molecule has 0 saturated heterocycles. The van der Waals surface area contributed by atoms with E-state index in [0.717, 1.165) is 0 Å². The summed E-state index contributed by atoms with van der Waals surface area (Å²) in [6.45, 7) is 0.0727. The van der Waals surface area contributed by atoms with Crippen molar-refractivity contribution in [3.05, 3.63) is 41.7 Å². The Morgan fingerprint density at radius 1 is 1.45 bits per heavy atom. The van der Waals surface area contributed by atoms with E-state index in [-0.39, 0.29) is 13.0 Å². The van der Waals surface area contributed by atoms with Gasteiger partial charge in [-0.3, -0.25) is 9.59 Å². The van der Waals surface area contributed by atoms with Crippen molar-refractivity contribution in [1.29, 1.82) is 0 Å². The first-order chi connectivity index (χ1) is 9.52. The lowest BCUT2D eigenvalue weighted by Crippen LogP contribution is -2.33. The molecule has 1 amide bonds. The van der Waals surface area contributed by atoms with Crippen LogP contribution in [-0.2, 0) is 14.3 Å². The van der Waals surface area contributed by atoms with Crippen molar-refractivity contribution < 1.29 is 23.8 Å². The lowest BCUT2D eigenvalue weighted by atomic mass is 10.2. The maximum absolute atomic E-state index is 13.3. The second-order valence-corrected chi connectivity index (χ2v) is 4.06. The molecule has 0 aromatic heterocycles. The fraction of sp³-hybridized carbons (Fsp3) is 0.286. The first kappa shape index (κ1) is 15.8. The quantitative estimate of drug-likeness (QED) is 0.742. The van der Waals surface area contributed by atoms with Gasteiger partial charge in [0, 0.05) is 25.3 Å². The van der Waals surface area contributed by atoms with Crippen LogP contribution in [0.5, 0.6) is 0 Å². The van der Waals surface area contributed by atoms with Crippen LogP contribution in [0, 0.1) is 5.82 Å². The number of aliphatic carboxylic acids is 1. The molecule has 2 N–H and O–H groups in total. The van der Waals surface area contributed by atoms with Crippen molar-refractivity contribution >= 4 is 18.0 Å². The smallest absolute Gasteiger partial charge is 0.306 e. The van der Waals surface area contributed by atoms with E-state index in [1.165, 1.54) is 25.3 Å². The van der Waals surface area contributed by atoms with Gasteiger partial charge in [0.1, 0.15) is 5.82 Å². The minimum atomic E-state index is -1.01. The topological polar surface area (TPSA) is 75.6 Å². The molecule has 0 radical (unpaired) electrons. The standard InChI is InChI=1S/C14H16FNO4/c1-20-11(8-14(18)19)9-16-13(17)7-6-10-4-2-3-5-12(10)15/h2-7,11H,8-9H2,1H3,(H,16,17)(H,18,19)/b7-6+. The molecule has 1 aromatic rings. The Morgan fingerprint density at radius 2 is 2.15 bits per heavy atom. The molecule has 6 heteroatoms. The molecule has 0 fully saturated rings. The van der Waals surface area contributed by atoms with Gasteiger partial charge in [0.25, 0.3) is 0 Å². The van der Waals surface area contributed by atoms with Gasteiger partial charge in [-0.05, 0) is 12.1 Å². The van der Waals surface area contributed by atoms with E-state index in [1.807, 2.05) is 0 Å². The minimum absolute atomic E-state index is 0.0727. The van der Waals surface area contributed by atoms with Crippen LogP contribution < -0.4 is 5.32 Å². The molecule has 1 atom stereocenters. The number of halogens is 1. The van der Waals surface area contributed by atoms with E-state index in [2.05, 4.69) is 5.32 Å². The number of hydrogen-bond donors (Lipinski definition) is 2. The molecule has 1 rings (SSSR count). The van der Waals surface area contributed by atoms with Crippen LogP contribution in [-0.4, -0.2) is 36.7 Å². The summed E-state index contributed by atoms with van der Waals surface area (Å²) in [6, 6.07) is 6.06. The third-order valence-electron chi connectivity index (χ3n) is 2.56. The van der Waals surface area contributed by atoms with Gasteiger partial charge in [0.05, 0.1) is 12.5 Å². The summed E-state index contributed by atoms with van der Waals surface area (Å²) < 4.78 is 18.2. The van der Waals surface area contributed by atoms with E-state index in [0.29, 0.717) is 5.56 Å². The molecule has 0 saturated carbocycles. The first-order valence-electron chi connectivity index (χ1n) is 5.98. The van der Waals surface area contributed by atoms with Crippen LogP contribution in [0.1, 0.15) is 12.0 Å². The van der Waals surface area contributed by atoms with Gasteiger partial charge < -0.3 is 15.2 Å². The second-order valence-electron chi connectivity index (χ2n) is 4.06. The van der Waals surface area contributed by atoms with Gasteiger partial charge in [-0.1, -0.05) is 18.2 Å². The average molecular weight is 281 g/mol. The lowest BCUT2D eigenvalue weighted by Gasteiger charge is -2.12. The molecule has 0 aliphatic heterocycles. The van der Waals surface area contributed by atoms with Crippen molar-refractivity contribution in [2.75, 3.05) is 13.7 Å². The van der Waals surface area contributed by atoms with Gasteiger partial charge in [0.15, 0.2) is 0 Å². The molecule has 1 unspecified atom stereocenters. The van der Waals surface area contributed by atoms with Crippen LogP contribution in [0.3, 0.4) is 0 Å². The third-order valence-corrected chi connectivity index (χ3v) is 2.56.